The average Bonchev–Trinajstić information content (AvgIpc) is 2.87. The molecule has 0 saturated heterocycles. The van der Waals surface area contributed by atoms with Gasteiger partial charge in [0.2, 0.25) is 0 Å². The fourth-order valence-electron chi connectivity index (χ4n) is 1.71. The summed E-state index contributed by atoms with van der Waals surface area (Å²) in [6.07, 6.45) is 2.77. The topological polar surface area (TPSA) is 66.9 Å². The third-order valence-electron chi connectivity index (χ3n) is 2.68. The molecule has 2 aromatic rings. The molecule has 0 aromatic carbocycles. The van der Waals surface area contributed by atoms with Crippen molar-refractivity contribution in [1.82, 2.24) is 15.3 Å². The molecule has 0 aliphatic carbocycles. The zero-order valence-corrected chi connectivity index (χ0v) is 13.5. The fraction of sp³-hybridized carbons (Fsp3) is 0.357. The van der Waals surface area contributed by atoms with Gasteiger partial charge in [0.15, 0.2) is 0 Å². The number of carbonyl (C=O) groups excluding carboxylic acids is 1. The molecule has 1 amide bonds. The van der Waals surface area contributed by atoms with Crippen molar-refractivity contribution in [2.75, 3.05) is 11.9 Å². The summed E-state index contributed by atoms with van der Waals surface area (Å²) in [7, 11) is 0. The molecule has 0 radical (unpaired) electrons. The van der Waals surface area contributed by atoms with Crippen molar-refractivity contribution >= 4 is 34.7 Å². The first-order valence-corrected chi connectivity index (χ1v) is 7.89. The van der Waals surface area contributed by atoms with Gasteiger partial charge in [0.1, 0.15) is 16.0 Å². The smallest absolute Gasteiger partial charge is 0.251 e. The van der Waals surface area contributed by atoms with Gasteiger partial charge in [-0.2, -0.15) is 0 Å². The third kappa shape index (κ3) is 4.68. The van der Waals surface area contributed by atoms with Crippen LogP contribution in [0.3, 0.4) is 0 Å². The van der Waals surface area contributed by atoms with Gasteiger partial charge < -0.3 is 10.6 Å². The highest BCUT2D eigenvalue weighted by Gasteiger charge is 2.10. The zero-order chi connectivity index (χ0) is 15.2. The van der Waals surface area contributed by atoms with Crippen LogP contribution in [0.2, 0.25) is 5.15 Å². The maximum atomic E-state index is 12.2. The van der Waals surface area contributed by atoms with Crippen LogP contribution in [0.25, 0.3) is 0 Å². The highest BCUT2D eigenvalue weighted by molar-refractivity contribution is 7.11. The molecule has 0 atom stereocenters. The van der Waals surface area contributed by atoms with Crippen LogP contribution in [0.5, 0.6) is 0 Å². The lowest BCUT2D eigenvalue weighted by Crippen LogP contribution is -2.23. The Morgan fingerprint density at radius 1 is 1.43 bits per heavy atom. The molecule has 5 nitrogen and oxygen atoms in total. The Morgan fingerprint density at radius 3 is 2.90 bits per heavy atom. The number of carbonyl (C=O) groups is 1. The molecule has 0 aliphatic heterocycles. The minimum absolute atomic E-state index is 0.188. The van der Waals surface area contributed by atoms with E-state index in [4.69, 9.17) is 11.6 Å². The van der Waals surface area contributed by atoms with Gasteiger partial charge in [-0.3, -0.25) is 4.79 Å². The first-order valence-electron chi connectivity index (χ1n) is 6.69. The summed E-state index contributed by atoms with van der Waals surface area (Å²) < 4.78 is 0. The second kappa shape index (κ2) is 7.38. The van der Waals surface area contributed by atoms with Crippen LogP contribution in [0.15, 0.2) is 18.3 Å². The lowest BCUT2D eigenvalue weighted by atomic mass is 10.2. The van der Waals surface area contributed by atoms with Crippen molar-refractivity contribution < 1.29 is 4.79 Å². The molecule has 0 unspecified atom stereocenters. The van der Waals surface area contributed by atoms with Gasteiger partial charge in [0.25, 0.3) is 5.91 Å². The van der Waals surface area contributed by atoms with E-state index in [1.165, 1.54) is 0 Å². The molecule has 2 N–H and O–H groups in total. The number of aryl methyl sites for hydroxylation is 1. The van der Waals surface area contributed by atoms with Crippen molar-refractivity contribution in [2.24, 2.45) is 0 Å². The summed E-state index contributed by atoms with van der Waals surface area (Å²) in [6, 6.07) is 3.26. The van der Waals surface area contributed by atoms with Crippen molar-refractivity contribution in [1.29, 1.82) is 0 Å². The minimum atomic E-state index is -0.188. The molecular formula is C14H17ClN4OS. The van der Waals surface area contributed by atoms with E-state index in [0.717, 1.165) is 22.9 Å². The summed E-state index contributed by atoms with van der Waals surface area (Å²) in [5.74, 6) is 0.422. The van der Waals surface area contributed by atoms with Crippen LogP contribution in [0.1, 0.15) is 33.6 Å². The standard InChI is InChI=1S/C14H17ClN4OS/c1-3-4-16-12-6-10(5-11(15)19-12)14(20)18-8-13-17-7-9(2)21-13/h5-7H,3-4,8H2,1-2H3,(H,16,19)(H,18,20). The molecule has 0 spiro atoms. The van der Waals surface area contributed by atoms with Crippen LogP contribution in [-0.4, -0.2) is 22.4 Å². The number of hydrogen-bond acceptors (Lipinski definition) is 5. The normalized spacial score (nSPS) is 10.4. The van der Waals surface area contributed by atoms with Gasteiger partial charge >= 0.3 is 0 Å². The molecule has 0 saturated carbocycles. The molecule has 0 bridgehead atoms. The van der Waals surface area contributed by atoms with Crippen LogP contribution in [0, 0.1) is 6.92 Å². The number of thiazole rings is 1. The Kier molecular flexibility index (Phi) is 5.52. The third-order valence-corrected chi connectivity index (χ3v) is 3.79. The van der Waals surface area contributed by atoms with Crippen LogP contribution in [-0.2, 0) is 6.54 Å². The van der Waals surface area contributed by atoms with Crippen LogP contribution >= 0.6 is 22.9 Å². The molecule has 2 heterocycles. The molecule has 112 valence electrons. The maximum absolute atomic E-state index is 12.2. The number of aromatic nitrogens is 2. The lowest BCUT2D eigenvalue weighted by molar-refractivity contribution is 0.0951. The van der Waals surface area contributed by atoms with Crippen molar-refractivity contribution in [3.8, 4) is 0 Å². The molecule has 7 heteroatoms. The van der Waals surface area contributed by atoms with Gasteiger partial charge in [0.05, 0.1) is 6.54 Å². The zero-order valence-electron chi connectivity index (χ0n) is 11.9. The first-order chi connectivity index (χ1) is 10.1. The minimum Gasteiger partial charge on any atom is -0.370 e. The number of halogens is 1. The van der Waals surface area contributed by atoms with Crippen LogP contribution in [0.4, 0.5) is 5.82 Å². The molecule has 2 rings (SSSR count). The van der Waals surface area contributed by atoms with E-state index >= 15 is 0 Å². The van der Waals surface area contributed by atoms with Crippen molar-refractivity contribution in [3.05, 3.63) is 38.9 Å². The summed E-state index contributed by atoms with van der Waals surface area (Å²) in [6.45, 7) is 5.24. The number of nitrogens with zero attached hydrogens (tertiary/aromatic N) is 2. The SMILES string of the molecule is CCCNc1cc(C(=O)NCc2ncc(C)s2)cc(Cl)n1. The summed E-state index contributed by atoms with van der Waals surface area (Å²) >= 11 is 7.52. The Bertz CT molecular complexity index is 629. The molecule has 2 aromatic heterocycles. The van der Waals surface area contributed by atoms with Gasteiger partial charge in [-0.15, -0.1) is 11.3 Å². The van der Waals surface area contributed by atoms with E-state index in [9.17, 15) is 4.79 Å². The summed E-state index contributed by atoms with van der Waals surface area (Å²) in [4.78, 5) is 21.6. The average molecular weight is 325 g/mol. The second-order valence-electron chi connectivity index (χ2n) is 4.54. The fourth-order valence-corrected chi connectivity index (χ4v) is 2.65. The highest BCUT2D eigenvalue weighted by atomic mass is 35.5. The lowest BCUT2D eigenvalue weighted by Gasteiger charge is -2.08. The van der Waals surface area contributed by atoms with Crippen LogP contribution < -0.4 is 10.6 Å². The van der Waals surface area contributed by atoms with Gasteiger partial charge in [-0.05, 0) is 25.5 Å². The molecular weight excluding hydrogens is 308 g/mol. The number of rotatable bonds is 6. The Hall–Kier alpha value is -1.66. The van der Waals surface area contributed by atoms with E-state index < -0.39 is 0 Å². The van der Waals surface area contributed by atoms with Crippen molar-refractivity contribution in [3.63, 3.8) is 0 Å². The van der Waals surface area contributed by atoms with Gasteiger partial charge in [-0.25, -0.2) is 9.97 Å². The highest BCUT2D eigenvalue weighted by Crippen LogP contribution is 2.15. The van der Waals surface area contributed by atoms with Gasteiger partial charge in [0, 0.05) is 23.2 Å². The van der Waals surface area contributed by atoms with Crippen molar-refractivity contribution in [2.45, 2.75) is 26.8 Å². The Balaban J connectivity index is 2.02. The number of anilines is 1. The van der Waals surface area contributed by atoms with E-state index in [1.807, 2.05) is 6.92 Å². The summed E-state index contributed by atoms with van der Waals surface area (Å²) in [5.41, 5.74) is 0.488. The predicted octanol–water partition coefficient (Wildman–Crippen LogP) is 3.25. The Labute approximate surface area is 132 Å². The molecule has 0 aliphatic rings. The number of hydrogen-bond donors (Lipinski definition) is 2. The van der Waals surface area contributed by atoms with E-state index in [-0.39, 0.29) is 5.91 Å². The predicted molar refractivity (Wildman–Crippen MR) is 86.0 cm³/mol. The number of nitrogens with one attached hydrogen (secondary N) is 2. The van der Waals surface area contributed by atoms with Gasteiger partial charge in [-0.1, -0.05) is 18.5 Å². The number of pyridine rings is 1. The maximum Gasteiger partial charge on any atom is 0.251 e. The largest absolute Gasteiger partial charge is 0.370 e. The summed E-state index contributed by atoms with van der Waals surface area (Å²) in [5, 5.41) is 7.13. The molecule has 0 fully saturated rings. The number of amides is 1. The first kappa shape index (κ1) is 15.7. The second-order valence-corrected chi connectivity index (χ2v) is 6.24. The van der Waals surface area contributed by atoms with E-state index in [2.05, 4.69) is 27.5 Å². The quantitative estimate of drug-likeness (QED) is 0.800. The Morgan fingerprint density at radius 2 is 2.24 bits per heavy atom. The van der Waals surface area contributed by atoms with E-state index in [0.29, 0.717) is 23.1 Å². The molecule has 21 heavy (non-hydrogen) atoms. The van der Waals surface area contributed by atoms with E-state index in [1.54, 1.807) is 29.7 Å². The monoisotopic (exact) mass is 324 g/mol.